The van der Waals surface area contributed by atoms with Crippen molar-refractivity contribution in [2.75, 3.05) is 13.2 Å². The second-order valence-corrected chi connectivity index (χ2v) is 22.4. The molecule has 1 unspecified atom stereocenters. The molecule has 0 aliphatic rings. The fraction of sp³-hybridized carbons (Fsp3) is 0.868. The zero-order chi connectivity index (χ0) is 53.6. The smallest absolute Gasteiger partial charge is 0.306 e. The summed E-state index contributed by atoms with van der Waals surface area (Å²) in [5.41, 5.74) is 0. The van der Waals surface area contributed by atoms with Gasteiger partial charge >= 0.3 is 17.9 Å². The molecule has 0 saturated carbocycles. The summed E-state index contributed by atoms with van der Waals surface area (Å²) in [5.74, 6) is -0.869. The Kier molecular flexibility index (Phi) is 61.1. The molecule has 74 heavy (non-hydrogen) atoms. The summed E-state index contributed by atoms with van der Waals surface area (Å²) in [6, 6.07) is 0. The van der Waals surface area contributed by atoms with Crippen molar-refractivity contribution in [1.82, 2.24) is 0 Å². The quantitative estimate of drug-likeness (QED) is 0.0261. The highest BCUT2D eigenvalue weighted by Crippen LogP contribution is 2.18. The van der Waals surface area contributed by atoms with E-state index >= 15 is 0 Å². The third kappa shape index (κ3) is 60.5. The van der Waals surface area contributed by atoms with Gasteiger partial charge in [-0.1, -0.05) is 327 Å². The molecule has 0 heterocycles. The zero-order valence-electron chi connectivity index (χ0n) is 49.9. The molecular formula is C68H126O6. The number of rotatable bonds is 61. The van der Waals surface area contributed by atoms with Crippen LogP contribution in [0.5, 0.6) is 0 Å². The number of ether oxygens (including phenoxy) is 3. The summed E-state index contributed by atoms with van der Waals surface area (Å²) in [4.78, 5) is 38.0. The molecule has 0 N–H and O–H groups in total. The van der Waals surface area contributed by atoms with E-state index in [0.29, 0.717) is 19.3 Å². The molecule has 0 fully saturated rings. The van der Waals surface area contributed by atoms with Crippen molar-refractivity contribution < 1.29 is 28.6 Å². The van der Waals surface area contributed by atoms with Crippen molar-refractivity contribution in [3.8, 4) is 0 Å². The minimum atomic E-state index is -0.773. The van der Waals surface area contributed by atoms with Gasteiger partial charge in [-0.3, -0.25) is 14.4 Å². The lowest BCUT2D eigenvalue weighted by molar-refractivity contribution is -0.167. The SMILES string of the molecule is CC/C=C\C/C=C\C/C=C\CCCCCCCCCC(=O)OC(COC(=O)CCCCCCCCC)COC(=O)CCCCCCCCCCCCCCCCCCCCCCCCCCCCCCCCCC. The topological polar surface area (TPSA) is 78.9 Å². The summed E-state index contributed by atoms with van der Waals surface area (Å²) in [5, 5.41) is 0. The van der Waals surface area contributed by atoms with Crippen LogP contribution in [0.1, 0.15) is 361 Å². The van der Waals surface area contributed by atoms with Gasteiger partial charge < -0.3 is 14.2 Å². The summed E-state index contributed by atoms with van der Waals surface area (Å²) in [6.45, 7) is 6.53. The molecule has 1 atom stereocenters. The highest BCUT2D eigenvalue weighted by molar-refractivity contribution is 5.71. The van der Waals surface area contributed by atoms with Crippen LogP contribution in [0.2, 0.25) is 0 Å². The van der Waals surface area contributed by atoms with Gasteiger partial charge in [-0.05, 0) is 51.4 Å². The van der Waals surface area contributed by atoms with E-state index in [4.69, 9.17) is 14.2 Å². The maximum absolute atomic E-state index is 12.8. The fourth-order valence-electron chi connectivity index (χ4n) is 9.99. The van der Waals surface area contributed by atoms with Crippen molar-refractivity contribution in [3.63, 3.8) is 0 Å². The molecule has 0 amide bonds. The Bertz CT molecular complexity index is 1240. The number of carbonyl (C=O) groups is 3. The number of allylic oxidation sites excluding steroid dienone is 6. The van der Waals surface area contributed by atoms with E-state index in [-0.39, 0.29) is 31.1 Å². The van der Waals surface area contributed by atoms with Gasteiger partial charge in [0.05, 0.1) is 0 Å². The molecule has 0 aliphatic carbocycles. The summed E-state index contributed by atoms with van der Waals surface area (Å²) in [7, 11) is 0. The highest BCUT2D eigenvalue weighted by Gasteiger charge is 2.19. The van der Waals surface area contributed by atoms with Crippen molar-refractivity contribution in [2.45, 2.75) is 367 Å². The normalized spacial score (nSPS) is 12.2. The molecule has 0 radical (unpaired) electrons. The second-order valence-electron chi connectivity index (χ2n) is 22.4. The van der Waals surface area contributed by atoms with E-state index in [2.05, 4.69) is 57.2 Å². The Balaban J connectivity index is 3.96. The average molecular weight is 1040 g/mol. The number of hydrogen-bond donors (Lipinski definition) is 0. The second kappa shape index (κ2) is 63.2. The molecule has 0 spiro atoms. The summed E-state index contributed by atoms with van der Waals surface area (Å²) < 4.78 is 16.8. The molecule has 0 aromatic carbocycles. The standard InChI is InChI=1S/C68H126O6/c1-4-7-10-13-16-18-20-22-24-26-27-28-29-30-31-32-33-34-35-36-37-38-39-40-42-43-45-47-49-52-55-58-61-67(70)73-64-65(63-72-66(69)60-57-54-51-15-12-9-6-3)74-68(71)62-59-56-53-50-48-46-44-41-25-23-21-19-17-14-11-8-5-2/h8,11,17,19,23,25,65H,4-7,9-10,12-16,18,20-22,24,26-64H2,1-3H3/b11-8-,19-17-,25-23-. The largest absolute Gasteiger partial charge is 0.462 e. The Morgan fingerprint density at radius 1 is 0.284 bits per heavy atom. The molecule has 0 saturated heterocycles. The maximum Gasteiger partial charge on any atom is 0.306 e. The van der Waals surface area contributed by atoms with Crippen molar-refractivity contribution in [2.24, 2.45) is 0 Å². The predicted molar refractivity (Wildman–Crippen MR) is 321 cm³/mol. The van der Waals surface area contributed by atoms with E-state index in [0.717, 1.165) is 83.5 Å². The zero-order valence-corrected chi connectivity index (χ0v) is 49.9. The number of esters is 3. The Morgan fingerprint density at radius 3 is 0.824 bits per heavy atom. The van der Waals surface area contributed by atoms with Gasteiger partial charge in [0.1, 0.15) is 13.2 Å². The highest BCUT2D eigenvalue weighted by atomic mass is 16.6. The number of hydrogen-bond acceptors (Lipinski definition) is 6. The van der Waals surface area contributed by atoms with Crippen LogP contribution in [-0.2, 0) is 28.6 Å². The third-order valence-electron chi connectivity index (χ3n) is 14.9. The van der Waals surface area contributed by atoms with Gasteiger partial charge in [0, 0.05) is 19.3 Å². The van der Waals surface area contributed by atoms with E-state index in [1.807, 2.05) is 0 Å². The van der Waals surface area contributed by atoms with Crippen LogP contribution in [-0.4, -0.2) is 37.2 Å². The molecule has 0 aromatic heterocycles. The van der Waals surface area contributed by atoms with Crippen LogP contribution in [0.25, 0.3) is 0 Å². The van der Waals surface area contributed by atoms with Crippen LogP contribution in [0.3, 0.4) is 0 Å². The van der Waals surface area contributed by atoms with Crippen molar-refractivity contribution in [1.29, 1.82) is 0 Å². The van der Waals surface area contributed by atoms with Gasteiger partial charge in [0.15, 0.2) is 6.10 Å². The monoisotopic (exact) mass is 1040 g/mol. The molecule has 434 valence electrons. The van der Waals surface area contributed by atoms with Crippen LogP contribution in [0.4, 0.5) is 0 Å². The van der Waals surface area contributed by atoms with Crippen molar-refractivity contribution >= 4 is 17.9 Å². The Labute approximate surface area is 461 Å². The summed E-state index contributed by atoms with van der Waals surface area (Å²) >= 11 is 0. The lowest BCUT2D eigenvalue weighted by Crippen LogP contribution is -2.30. The van der Waals surface area contributed by atoms with Crippen LogP contribution in [0.15, 0.2) is 36.5 Å². The first-order chi connectivity index (χ1) is 36.5. The molecule has 0 rings (SSSR count). The van der Waals surface area contributed by atoms with E-state index in [1.54, 1.807) is 0 Å². The first-order valence-corrected chi connectivity index (χ1v) is 33.0. The van der Waals surface area contributed by atoms with Crippen molar-refractivity contribution in [3.05, 3.63) is 36.5 Å². The van der Waals surface area contributed by atoms with Gasteiger partial charge in [-0.25, -0.2) is 0 Å². The molecule has 0 bridgehead atoms. The first kappa shape index (κ1) is 71.6. The van der Waals surface area contributed by atoms with Crippen LogP contribution in [0, 0.1) is 0 Å². The first-order valence-electron chi connectivity index (χ1n) is 33.0. The lowest BCUT2D eigenvalue weighted by atomic mass is 10.0. The molecule has 6 nitrogen and oxygen atoms in total. The Morgan fingerprint density at radius 2 is 0.527 bits per heavy atom. The molecule has 0 aromatic rings. The van der Waals surface area contributed by atoms with Crippen LogP contribution < -0.4 is 0 Å². The number of carbonyl (C=O) groups excluding carboxylic acids is 3. The number of unbranched alkanes of at least 4 members (excludes halogenated alkanes) is 44. The van der Waals surface area contributed by atoms with Gasteiger partial charge in [0.25, 0.3) is 0 Å². The molecule has 0 aliphatic heterocycles. The van der Waals surface area contributed by atoms with Gasteiger partial charge in [-0.15, -0.1) is 0 Å². The fourth-order valence-corrected chi connectivity index (χ4v) is 9.99. The minimum absolute atomic E-state index is 0.0720. The van der Waals surface area contributed by atoms with Crippen LogP contribution >= 0.6 is 0 Å². The van der Waals surface area contributed by atoms with Gasteiger partial charge in [-0.2, -0.15) is 0 Å². The van der Waals surface area contributed by atoms with E-state index < -0.39 is 6.10 Å². The van der Waals surface area contributed by atoms with E-state index in [9.17, 15) is 14.4 Å². The third-order valence-corrected chi connectivity index (χ3v) is 14.9. The van der Waals surface area contributed by atoms with E-state index in [1.165, 1.54) is 238 Å². The molecule has 6 heteroatoms. The average Bonchev–Trinajstić information content (AvgIpc) is 3.40. The predicted octanol–water partition coefficient (Wildman–Crippen LogP) is 22.4. The Hall–Kier alpha value is -2.37. The summed E-state index contributed by atoms with van der Waals surface area (Å²) in [6.07, 6.45) is 77.8. The minimum Gasteiger partial charge on any atom is -0.462 e. The maximum atomic E-state index is 12.8. The lowest BCUT2D eigenvalue weighted by Gasteiger charge is -2.18. The molecular weight excluding hydrogens is 913 g/mol. The van der Waals surface area contributed by atoms with Gasteiger partial charge in [0.2, 0.25) is 0 Å².